The fourth-order valence-corrected chi connectivity index (χ4v) is 7.38. The van der Waals surface area contributed by atoms with E-state index in [2.05, 4.69) is 194 Å². The molecule has 0 saturated carbocycles. The van der Waals surface area contributed by atoms with Gasteiger partial charge in [-0.2, -0.15) is 0 Å². The van der Waals surface area contributed by atoms with Crippen LogP contribution in [-0.4, -0.2) is 0 Å². The van der Waals surface area contributed by atoms with Gasteiger partial charge in [-0.05, 0) is 100 Å². The summed E-state index contributed by atoms with van der Waals surface area (Å²) in [5.41, 5.74) is 12.3. The van der Waals surface area contributed by atoms with Crippen molar-refractivity contribution < 1.29 is 0 Å². The average molecular weight is 609 g/mol. The third kappa shape index (κ3) is 4.87. The van der Waals surface area contributed by atoms with Crippen molar-refractivity contribution in [2.45, 2.75) is 0 Å². The van der Waals surface area contributed by atoms with Crippen LogP contribution >= 0.6 is 0 Å². The van der Waals surface area contributed by atoms with Crippen LogP contribution in [0, 0.1) is 0 Å². The fourth-order valence-electron chi connectivity index (χ4n) is 7.38. The summed E-state index contributed by atoms with van der Waals surface area (Å²) in [6.07, 6.45) is 0. The van der Waals surface area contributed by atoms with Gasteiger partial charge in [0.25, 0.3) is 0 Å². The van der Waals surface area contributed by atoms with Gasteiger partial charge >= 0.3 is 0 Å². The first kappa shape index (κ1) is 28.0. The van der Waals surface area contributed by atoms with E-state index in [1.807, 2.05) is 0 Å². The molecule has 0 fully saturated rings. The molecule has 0 radical (unpaired) electrons. The number of hydrogen-bond donors (Lipinski definition) is 0. The molecule has 0 aliphatic heterocycles. The van der Waals surface area contributed by atoms with E-state index < -0.39 is 0 Å². The smallest absolute Gasteiger partial charge is 0.00261 e. The maximum atomic E-state index is 2.42. The molecular formula is C48H32. The normalized spacial score (nSPS) is 11.3. The van der Waals surface area contributed by atoms with Gasteiger partial charge in [-0.1, -0.05) is 182 Å². The monoisotopic (exact) mass is 608 g/mol. The van der Waals surface area contributed by atoms with Gasteiger partial charge in [0.05, 0.1) is 0 Å². The van der Waals surface area contributed by atoms with Crippen molar-refractivity contribution in [2.75, 3.05) is 0 Å². The van der Waals surface area contributed by atoms with Gasteiger partial charge in [0.15, 0.2) is 0 Å². The number of benzene rings is 9. The zero-order valence-corrected chi connectivity index (χ0v) is 26.5. The SMILES string of the molecule is c1ccc(-c2ccc(-c3cc(-c4c5ccccc5c(-c5ccccc5)c5ccccc45)ccc3-c3ccc4ccccc4c3)cc2)cc1. The third-order valence-electron chi connectivity index (χ3n) is 9.67. The first-order valence-electron chi connectivity index (χ1n) is 16.6. The summed E-state index contributed by atoms with van der Waals surface area (Å²) in [6, 6.07) is 70.8. The van der Waals surface area contributed by atoms with E-state index in [0.717, 1.165) is 0 Å². The van der Waals surface area contributed by atoms with E-state index in [9.17, 15) is 0 Å². The number of hydrogen-bond acceptors (Lipinski definition) is 0. The summed E-state index contributed by atoms with van der Waals surface area (Å²) >= 11 is 0. The molecular weight excluding hydrogens is 577 g/mol. The molecule has 0 aliphatic carbocycles. The van der Waals surface area contributed by atoms with Crippen LogP contribution in [0.2, 0.25) is 0 Å². The minimum atomic E-state index is 1.20. The van der Waals surface area contributed by atoms with Crippen LogP contribution in [0.1, 0.15) is 0 Å². The van der Waals surface area contributed by atoms with Crippen molar-refractivity contribution in [3.05, 3.63) is 194 Å². The second-order valence-corrected chi connectivity index (χ2v) is 12.5. The van der Waals surface area contributed by atoms with E-state index in [1.54, 1.807) is 0 Å². The Kier molecular flexibility index (Phi) is 6.91. The second-order valence-electron chi connectivity index (χ2n) is 12.5. The Hall–Kier alpha value is -6.24. The van der Waals surface area contributed by atoms with Crippen molar-refractivity contribution in [3.63, 3.8) is 0 Å². The standard InChI is InChI=1S/C48H32/c1-3-13-33(14-4-1)35-23-26-36(27-24-35)46-32-40(29-30-41(46)39-28-25-34-15-7-8-18-38(34)31-39)48-44-21-11-9-19-42(44)47(37-16-5-2-6-17-37)43-20-10-12-22-45(43)48/h1-32H. The van der Waals surface area contributed by atoms with Gasteiger partial charge < -0.3 is 0 Å². The van der Waals surface area contributed by atoms with Crippen molar-refractivity contribution in [1.29, 1.82) is 0 Å². The summed E-state index contributed by atoms with van der Waals surface area (Å²) in [5, 5.41) is 7.56. The van der Waals surface area contributed by atoms with Crippen molar-refractivity contribution in [2.24, 2.45) is 0 Å². The van der Waals surface area contributed by atoms with E-state index in [-0.39, 0.29) is 0 Å². The van der Waals surface area contributed by atoms with Gasteiger partial charge in [0.2, 0.25) is 0 Å². The lowest BCUT2D eigenvalue weighted by molar-refractivity contribution is 1.57. The molecule has 0 heterocycles. The minimum absolute atomic E-state index is 1.20. The Morgan fingerprint density at radius 2 is 0.646 bits per heavy atom. The first-order chi connectivity index (χ1) is 23.8. The predicted molar refractivity (Wildman–Crippen MR) is 206 cm³/mol. The molecule has 48 heavy (non-hydrogen) atoms. The molecule has 0 atom stereocenters. The summed E-state index contributed by atoms with van der Waals surface area (Å²) in [6.45, 7) is 0. The van der Waals surface area contributed by atoms with Crippen molar-refractivity contribution >= 4 is 32.3 Å². The van der Waals surface area contributed by atoms with Gasteiger partial charge in [0, 0.05) is 0 Å². The van der Waals surface area contributed by atoms with Crippen LogP contribution in [0.4, 0.5) is 0 Å². The summed E-state index contributed by atoms with van der Waals surface area (Å²) in [5.74, 6) is 0. The Balaban J connectivity index is 1.30. The molecule has 0 heteroatoms. The van der Waals surface area contributed by atoms with Gasteiger partial charge in [-0.15, -0.1) is 0 Å². The Morgan fingerprint density at radius 1 is 0.208 bits per heavy atom. The van der Waals surface area contributed by atoms with E-state index in [4.69, 9.17) is 0 Å². The summed E-state index contributed by atoms with van der Waals surface area (Å²) in [7, 11) is 0. The molecule has 0 bridgehead atoms. The highest BCUT2D eigenvalue weighted by Gasteiger charge is 2.18. The Morgan fingerprint density at radius 3 is 1.27 bits per heavy atom. The molecule has 0 aromatic heterocycles. The van der Waals surface area contributed by atoms with Crippen LogP contribution in [0.15, 0.2) is 194 Å². The van der Waals surface area contributed by atoms with Gasteiger partial charge in [-0.3, -0.25) is 0 Å². The largest absolute Gasteiger partial charge is 0.0622 e. The zero-order chi connectivity index (χ0) is 31.9. The first-order valence-corrected chi connectivity index (χ1v) is 16.6. The zero-order valence-electron chi connectivity index (χ0n) is 26.5. The molecule has 9 aromatic carbocycles. The van der Waals surface area contributed by atoms with Crippen LogP contribution in [0.3, 0.4) is 0 Å². The quantitative estimate of drug-likeness (QED) is 0.171. The topological polar surface area (TPSA) is 0 Å². The van der Waals surface area contributed by atoms with Crippen LogP contribution < -0.4 is 0 Å². The number of fused-ring (bicyclic) bond motifs is 3. The van der Waals surface area contributed by atoms with Crippen LogP contribution in [-0.2, 0) is 0 Å². The highest BCUT2D eigenvalue weighted by Crippen LogP contribution is 2.45. The molecule has 0 saturated heterocycles. The van der Waals surface area contributed by atoms with E-state index >= 15 is 0 Å². The molecule has 0 spiro atoms. The fraction of sp³-hybridized carbons (Fsp3) is 0. The maximum Gasteiger partial charge on any atom is -0.00261 e. The van der Waals surface area contributed by atoms with Crippen molar-refractivity contribution in [1.82, 2.24) is 0 Å². The van der Waals surface area contributed by atoms with Gasteiger partial charge in [-0.25, -0.2) is 0 Å². The van der Waals surface area contributed by atoms with Crippen molar-refractivity contribution in [3.8, 4) is 55.6 Å². The minimum Gasteiger partial charge on any atom is -0.0622 e. The molecule has 9 aromatic rings. The lowest BCUT2D eigenvalue weighted by atomic mass is 9.84. The molecule has 0 unspecified atom stereocenters. The highest BCUT2D eigenvalue weighted by atomic mass is 14.2. The summed E-state index contributed by atoms with van der Waals surface area (Å²) < 4.78 is 0. The molecule has 0 N–H and O–H groups in total. The third-order valence-corrected chi connectivity index (χ3v) is 9.67. The van der Waals surface area contributed by atoms with E-state index in [0.29, 0.717) is 0 Å². The predicted octanol–water partition coefficient (Wildman–Crippen LogP) is 13.5. The van der Waals surface area contributed by atoms with Crippen LogP contribution in [0.25, 0.3) is 88.0 Å². The number of rotatable bonds is 5. The highest BCUT2D eigenvalue weighted by molar-refractivity contribution is 6.21. The molecule has 9 rings (SSSR count). The molecule has 0 aliphatic rings. The Bertz CT molecular complexity index is 2520. The van der Waals surface area contributed by atoms with E-state index in [1.165, 1.54) is 88.0 Å². The lowest BCUT2D eigenvalue weighted by Crippen LogP contribution is -1.92. The summed E-state index contributed by atoms with van der Waals surface area (Å²) in [4.78, 5) is 0. The Labute approximate surface area is 281 Å². The second kappa shape index (κ2) is 11.8. The van der Waals surface area contributed by atoms with Crippen LogP contribution in [0.5, 0.6) is 0 Å². The average Bonchev–Trinajstić information content (AvgIpc) is 3.17. The molecule has 0 amide bonds. The maximum absolute atomic E-state index is 2.42. The lowest BCUT2D eigenvalue weighted by Gasteiger charge is -2.19. The van der Waals surface area contributed by atoms with Gasteiger partial charge in [0.1, 0.15) is 0 Å². The molecule has 0 nitrogen and oxygen atoms in total. The molecule has 224 valence electrons.